The van der Waals surface area contributed by atoms with Crippen LogP contribution in [-0.2, 0) is 14.3 Å². The summed E-state index contributed by atoms with van der Waals surface area (Å²) in [5, 5.41) is 3.36. The Morgan fingerprint density at radius 1 is 1.23 bits per heavy atom. The summed E-state index contributed by atoms with van der Waals surface area (Å²) in [7, 11) is 4.56. The molecule has 2 unspecified atom stereocenters. The van der Waals surface area contributed by atoms with Crippen LogP contribution in [0.1, 0.15) is 42.5 Å². The SMILES string of the molecule is COC(=O)CCCCCN1CCC(NC(=O)c2cc(Cl)c(N)cc2OC)C(OC)C1. The van der Waals surface area contributed by atoms with E-state index in [0.717, 1.165) is 45.3 Å². The topological polar surface area (TPSA) is 103 Å². The molecule has 2 rings (SSSR count). The molecular weight excluding hydrogens is 410 g/mol. The molecule has 1 heterocycles. The standard InChI is InChI=1S/C21H32ClN3O5/c1-28-18-12-16(23)15(22)11-14(18)21(27)24-17-8-10-25(13-19(17)29-2)9-6-4-5-7-20(26)30-3/h11-12,17,19H,4-10,13,23H2,1-3H3,(H,24,27). The third-order valence-electron chi connectivity index (χ3n) is 5.41. The number of hydrogen-bond acceptors (Lipinski definition) is 7. The maximum absolute atomic E-state index is 12.8. The number of anilines is 1. The summed E-state index contributed by atoms with van der Waals surface area (Å²) >= 11 is 6.08. The van der Waals surface area contributed by atoms with Gasteiger partial charge in [0.1, 0.15) is 5.75 Å². The monoisotopic (exact) mass is 441 g/mol. The van der Waals surface area contributed by atoms with E-state index in [2.05, 4.69) is 15.0 Å². The minimum absolute atomic E-state index is 0.112. The number of benzene rings is 1. The first-order valence-electron chi connectivity index (χ1n) is 10.2. The maximum atomic E-state index is 12.8. The van der Waals surface area contributed by atoms with Crippen LogP contribution in [0.2, 0.25) is 5.02 Å². The number of nitrogens with two attached hydrogens (primary N) is 1. The maximum Gasteiger partial charge on any atom is 0.305 e. The lowest BCUT2D eigenvalue weighted by atomic mass is 10.00. The Kier molecular flexibility index (Phi) is 9.68. The van der Waals surface area contributed by atoms with E-state index in [0.29, 0.717) is 28.4 Å². The van der Waals surface area contributed by atoms with E-state index in [9.17, 15) is 9.59 Å². The van der Waals surface area contributed by atoms with Crippen LogP contribution >= 0.6 is 11.6 Å². The molecule has 1 aliphatic rings. The number of piperidine rings is 1. The number of ether oxygens (including phenoxy) is 3. The average molecular weight is 442 g/mol. The van der Waals surface area contributed by atoms with Gasteiger partial charge >= 0.3 is 5.97 Å². The zero-order valence-electron chi connectivity index (χ0n) is 17.9. The number of methoxy groups -OCH3 is 3. The van der Waals surface area contributed by atoms with Crippen LogP contribution in [0.5, 0.6) is 5.75 Å². The summed E-state index contributed by atoms with van der Waals surface area (Å²) in [6.07, 6.45) is 3.93. The number of carbonyl (C=O) groups excluding carboxylic acids is 2. The predicted molar refractivity (Wildman–Crippen MR) is 116 cm³/mol. The van der Waals surface area contributed by atoms with E-state index in [1.165, 1.54) is 20.3 Å². The first kappa shape index (κ1) is 24.2. The number of hydrogen-bond donors (Lipinski definition) is 2. The van der Waals surface area contributed by atoms with Crippen LogP contribution < -0.4 is 15.8 Å². The van der Waals surface area contributed by atoms with Crippen LogP contribution in [0.4, 0.5) is 5.69 Å². The quantitative estimate of drug-likeness (QED) is 0.326. The normalized spacial score (nSPS) is 19.3. The molecule has 1 aromatic carbocycles. The molecule has 0 aromatic heterocycles. The zero-order chi connectivity index (χ0) is 22.1. The van der Waals surface area contributed by atoms with Gasteiger partial charge in [-0.3, -0.25) is 9.59 Å². The van der Waals surface area contributed by atoms with E-state index >= 15 is 0 Å². The molecule has 0 saturated carbocycles. The van der Waals surface area contributed by atoms with Gasteiger partial charge in [0.05, 0.1) is 42.6 Å². The van der Waals surface area contributed by atoms with Gasteiger partial charge in [-0.15, -0.1) is 0 Å². The smallest absolute Gasteiger partial charge is 0.305 e. The molecule has 3 N–H and O–H groups in total. The summed E-state index contributed by atoms with van der Waals surface area (Å²) in [4.78, 5) is 26.3. The fourth-order valence-electron chi connectivity index (χ4n) is 3.63. The lowest BCUT2D eigenvalue weighted by Gasteiger charge is -2.38. The Morgan fingerprint density at radius 2 is 2.00 bits per heavy atom. The van der Waals surface area contributed by atoms with Crippen LogP contribution in [0.15, 0.2) is 12.1 Å². The predicted octanol–water partition coefficient (Wildman–Crippen LogP) is 2.48. The number of halogens is 1. The molecule has 0 spiro atoms. The first-order valence-corrected chi connectivity index (χ1v) is 10.5. The van der Waals surface area contributed by atoms with E-state index < -0.39 is 0 Å². The Balaban J connectivity index is 1.86. The number of carbonyl (C=O) groups is 2. The van der Waals surface area contributed by atoms with Gasteiger partial charge in [0, 0.05) is 32.7 Å². The van der Waals surface area contributed by atoms with Gasteiger partial charge in [-0.2, -0.15) is 0 Å². The van der Waals surface area contributed by atoms with E-state index in [-0.39, 0.29) is 24.0 Å². The molecular formula is C21H32ClN3O5. The molecule has 0 radical (unpaired) electrons. The Hall–Kier alpha value is -2.03. The van der Waals surface area contributed by atoms with E-state index in [1.54, 1.807) is 13.2 Å². The second-order valence-corrected chi connectivity index (χ2v) is 7.81. The van der Waals surface area contributed by atoms with Gasteiger partial charge in [-0.05, 0) is 31.9 Å². The van der Waals surface area contributed by atoms with Crippen molar-refractivity contribution < 1.29 is 23.8 Å². The number of likely N-dealkylation sites (tertiary alicyclic amines) is 1. The third-order valence-corrected chi connectivity index (χ3v) is 5.74. The summed E-state index contributed by atoms with van der Waals surface area (Å²) in [5.74, 6) is -0.0464. The van der Waals surface area contributed by atoms with E-state index in [4.69, 9.17) is 26.8 Å². The zero-order valence-corrected chi connectivity index (χ0v) is 18.7. The largest absolute Gasteiger partial charge is 0.496 e. The first-order chi connectivity index (χ1) is 14.4. The van der Waals surface area contributed by atoms with Crippen LogP contribution in [-0.4, -0.2) is 69.9 Å². The fourth-order valence-corrected chi connectivity index (χ4v) is 3.80. The Labute approximate surface area is 183 Å². The Bertz CT molecular complexity index is 731. The summed E-state index contributed by atoms with van der Waals surface area (Å²) in [5.41, 5.74) is 6.50. The van der Waals surface area contributed by atoms with Gasteiger partial charge in [0.25, 0.3) is 5.91 Å². The van der Waals surface area contributed by atoms with Crippen molar-refractivity contribution in [2.24, 2.45) is 0 Å². The highest BCUT2D eigenvalue weighted by Crippen LogP contribution is 2.29. The number of amides is 1. The number of unbranched alkanes of at least 4 members (excludes halogenated alkanes) is 2. The highest BCUT2D eigenvalue weighted by molar-refractivity contribution is 6.33. The van der Waals surface area contributed by atoms with Crippen LogP contribution in [0.3, 0.4) is 0 Å². The van der Waals surface area contributed by atoms with Gasteiger partial charge in [-0.1, -0.05) is 18.0 Å². The number of nitrogens with zero attached hydrogens (tertiary/aromatic N) is 1. The van der Waals surface area contributed by atoms with Crippen molar-refractivity contribution in [3.63, 3.8) is 0 Å². The minimum atomic E-state index is -0.267. The Morgan fingerprint density at radius 3 is 2.67 bits per heavy atom. The summed E-state index contributed by atoms with van der Waals surface area (Å²) < 4.78 is 15.6. The number of nitrogens with one attached hydrogen (secondary N) is 1. The second-order valence-electron chi connectivity index (χ2n) is 7.40. The second kappa shape index (κ2) is 12.0. The molecule has 1 amide bonds. The molecule has 2 atom stereocenters. The number of esters is 1. The van der Waals surface area contributed by atoms with Crippen molar-refractivity contribution in [2.45, 2.75) is 44.2 Å². The molecule has 168 valence electrons. The van der Waals surface area contributed by atoms with Crippen molar-refractivity contribution >= 4 is 29.2 Å². The van der Waals surface area contributed by atoms with Crippen molar-refractivity contribution in [1.29, 1.82) is 0 Å². The lowest BCUT2D eigenvalue weighted by molar-refractivity contribution is -0.140. The van der Waals surface area contributed by atoms with Gasteiger partial charge in [-0.25, -0.2) is 0 Å². The molecule has 1 aliphatic heterocycles. The van der Waals surface area contributed by atoms with Crippen LogP contribution in [0, 0.1) is 0 Å². The number of nitrogen functional groups attached to an aromatic ring is 1. The fraction of sp³-hybridized carbons (Fsp3) is 0.619. The number of rotatable bonds is 10. The highest BCUT2D eigenvalue weighted by atomic mass is 35.5. The molecule has 0 aliphatic carbocycles. The highest BCUT2D eigenvalue weighted by Gasteiger charge is 2.31. The lowest BCUT2D eigenvalue weighted by Crippen LogP contribution is -2.54. The minimum Gasteiger partial charge on any atom is -0.496 e. The third kappa shape index (κ3) is 6.75. The molecule has 30 heavy (non-hydrogen) atoms. The van der Waals surface area contributed by atoms with Crippen molar-refractivity contribution in [3.8, 4) is 5.75 Å². The van der Waals surface area contributed by atoms with E-state index in [1.807, 2.05) is 0 Å². The van der Waals surface area contributed by atoms with Crippen LogP contribution in [0.25, 0.3) is 0 Å². The van der Waals surface area contributed by atoms with Crippen molar-refractivity contribution in [1.82, 2.24) is 10.2 Å². The molecule has 1 aromatic rings. The molecule has 1 saturated heterocycles. The summed E-state index contributed by atoms with van der Waals surface area (Å²) in [6, 6.07) is 2.96. The van der Waals surface area contributed by atoms with Gasteiger partial charge in [0.15, 0.2) is 0 Å². The van der Waals surface area contributed by atoms with Gasteiger partial charge in [0.2, 0.25) is 0 Å². The molecule has 1 fully saturated rings. The molecule has 8 nitrogen and oxygen atoms in total. The summed E-state index contributed by atoms with van der Waals surface area (Å²) in [6.45, 7) is 2.53. The van der Waals surface area contributed by atoms with Crippen molar-refractivity contribution in [2.75, 3.05) is 46.7 Å². The average Bonchev–Trinajstić information content (AvgIpc) is 2.75. The molecule has 0 bridgehead atoms. The molecule has 9 heteroatoms. The van der Waals surface area contributed by atoms with Gasteiger partial charge < -0.3 is 30.2 Å². The van der Waals surface area contributed by atoms with Crippen molar-refractivity contribution in [3.05, 3.63) is 22.7 Å².